The smallest absolute Gasteiger partial charge is 0.267 e. The molecule has 0 bridgehead atoms. The van der Waals surface area contributed by atoms with E-state index in [1.54, 1.807) is 48.8 Å². The zero-order chi connectivity index (χ0) is 17.1. The second-order valence-corrected chi connectivity index (χ2v) is 6.81. The van der Waals surface area contributed by atoms with Crippen LogP contribution in [0.3, 0.4) is 0 Å². The van der Waals surface area contributed by atoms with Crippen LogP contribution < -0.4 is 5.43 Å². The topological polar surface area (TPSA) is 62.3 Å². The van der Waals surface area contributed by atoms with Crippen LogP contribution in [-0.4, -0.2) is 26.1 Å². The van der Waals surface area contributed by atoms with Gasteiger partial charge in [-0.05, 0) is 42.1 Å². The number of benzene rings is 1. The Morgan fingerprint density at radius 3 is 2.79 bits per heavy atom. The van der Waals surface area contributed by atoms with E-state index in [9.17, 15) is 9.59 Å². The number of nitrogens with one attached hydrogen (secondary N) is 1. The predicted octanol–water partition coefficient (Wildman–Crippen LogP) is 3.28. The molecule has 3 rings (SSSR count). The van der Waals surface area contributed by atoms with Crippen LogP contribution in [0.25, 0.3) is 6.08 Å². The molecule has 1 aromatic heterocycles. The van der Waals surface area contributed by atoms with Crippen LogP contribution in [0, 0.1) is 0 Å². The Balaban J connectivity index is 1.79. The summed E-state index contributed by atoms with van der Waals surface area (Å²) in [6, 6.07) is 10.2. The van der Waals surface area contributed by atoms with Crippen LogP contribution in [0.4, 0.5) is 0 Å². The molecule has 24 heavy (non-hydrogen) atoms. The number of hydrogen-bond donors (Lipinski definition) is 1. The summed E-state index contributed by atoms with van der Waals surface area (Å²) in [5.74, 6) is -0.895. The standard InChI is InChI=1S/C16H10ClN3O2S2/c17-12-6-2-1-5-11(12)14(21)19-20-15(22)13(24-16(20)23)8-10-4-3-7-18-9-10/h1-9H,(H,19,21)/b13-8-. The molecule has 0 radical (unpaired) electrons. The number of nitrogens with zero attached hydrogens (tertiary/aromatic N) is 2. The third-order valence-corrected chi connectivity index (χ3v) is 4.74. The van der Waals surface area contributed by atoms with Crippen LogP contribution in [0.2, 0.25) is 5.02 Å². The fourth-order valence-corrected chi connectivity index (χ4v) is 3.38. The van der Waals surface area contributed by atoms with Gasteiger partial charge in [0.1, 0.15) is 0 Å². The van der Waals surface area contributed by atoms with Gasteiger partial charge < -0.3 is 0 Å². The van der Waals surface area contributed by atoms with Gasteiger partial charge in [0.25, 0.3) is 11.8 Å². The quantitative estimate of drug-likeness (QED) is 0.659. The van der Waals surface area contributed by atoms with Crippen LogP contribution in [0.1, 0.15) is 15.9 Å². The first-order valence-electron chi connectivity index (χ1n) is 6.80. The third-order valence-electron chi connectivity index (χ3n) is 3.11. The van der Waals surface area contributed by atoms with E-state index >= 15 is 0 Å². The lowest BCUT2D eigenvalue weighted by molar-refractivity contribution is -0.123. The lowest BCUT2D eigenvalue weighted by atomic mass is 10.2. The van der Waals surface area contributed by atoms with Crippen molar-refractivity contribution in [3.05, 3.63) is 69.8 Å². The number of hydrogen-bond acceptors (Lipinski definition) is 5. The molecule has 120 valence electrons. The largest absolute Gasteiger partial charge is 0.285 e. The van der Waals surface area contributed by atoms with E-state index in [2.05, 4.69) is 10.4 Å². The number of carbonyl (C=O) groups excluding carboxylic acids is 2. The van der Waals surface area contributed by atoms with Crippen molar-refractivity contribution in [2.24, 2.45) is 0 Å². The minimum Gasteiger partial charge on any atom is -0.267 e. The monoisotopic (exact) mass is 375 g/mol. The molecule has 0 aliphatic carbocycles. The van der Waals surface area contributed by atoms with E-state index in [0.29, 0.717) is 9.93 Å². The van der Waals surface area contributed by atoms with E-state index in [-0.39, 0.29) is 9.88 Å². The van der Waals surface area contributed by atoms with Gasteiger partial charge in [-0.2, -0.15) is 5.01 Å². The highest BCUT2D eigenvalue weighted by Crippen LogP contribution is 2.31. The van der Waals surface area contributed by atoms with Crippen LogP contribution in [-0.2, 0) is 4.79 Å². The fraction of sp³-hybridized carbons (Fsp3) is 0. The molecule has 8 heteroatoms. The van der Waals surface area contributed by atoms with Crippen LogP contribution >= 0.6 is 35.6 Å². The van der Waals surface area contributed by atoms with Gasteiger partial charge in [0.15, 0.2) is 4.32 Å². The Kier molecular flexibility index (Phi) is 4.94. The van der Waals surface area contributed by atoms with E-state index in [1.807, 2.05) is 6.07 Å². The molecule has 0 spiro atoms. The first kappa shape index (κ1) is 16.6. The Labute approximate surface area is 152 Å². The molecule has 1 N–H and O–H groups in total. The van der Waals surface area contributed by atoms with Crippen molar-refractivity contribution in [3.8, 4) is 0 Å². The van der Waals surface area contributed by atoms with Crippen molar-refractivity contribution in [3.63, 3.8) is 0 Å². The lowest BCUT2D eigenvalue weighted by Crippen LogP contribution is -2.44. The number of thioether (sulfide) groups is 1. The molecule has 1 saturated heterocycles. The molecule has 0 atom stereocenters. The zero-order valence-electron chi connectivity index (χ0n) is 12.1. The van der Waals surface area contributed by atoms with Crippen molar-refractivity contribution in [2.45, 2.75) is 0 Å². The van der Waals surface area contributed by atoms with Crippen LogP contribution in [0.15, 0.2) is 53.7 Å². The summed E-state index contributed by atoms with van der Waals surface area (Å²) >= 11 is 12.3. The molecule has 2 amide bonds. The summed E-state index contributed by atoms with van der Waals surface area (Å²) in [5, 5.41) is 1.35. The Bertz CT molecular complexity index is 855. The van der Waals surface area contributed by atoms with Crippen molar-refractivity contribution in [1.82, 2.24) is 15.4 Å². The summed E-state index contributed by atoms with van der Waals surface area (Å²) in [6.07, 6.45) is 4.95. The highest BCUT2D eigenvalue weighted by atomic mass is 35.5. The van der Waals surface area contributed by atoms with E-state index < -0.39 is 11.8 Å². The Morgan fingerprint density at radius 2 is 2.08 bits per heavy atom. The summed E-state index contributed by atoms with van der Waals surface area (Å²) in [7, 11) is 0. The summed E-state index contributed by atoms with van der Waals surface area (Å²) in [6.45, 7) is 0. The molecule has 1 aliphatic heterocycles. The van der Waals surface area contributed by atoms with Gasteiger partial charge in [0, 0.05) is 12.4 Å². The molecule has 1 aliphatic rings. The molecular weight excluding hydrogens is 366 g/mol. The predicted molar refractivity (Wildman–Crippen MR) is 98.2 cm³/mol. The maximum atomic E-state index is 12.5. The maximum Gasteiger partial charge on any atom is 0.285 e. The van der Waals surface area contributed by atoms with Gasteiger partial charge in [0.2, 0.25) is 0 Å². The molecular formula is C16H10ClN3O2S2. The third kappa shape index (κ3) is 3.48. The molecule has 5 nitrogen and oxygen atoms in total. The van der Waals surface area contributed by atoms with E-state index in [4.69, 9.17) is 23.8 Å². The summed E-state index contributed by atoms with van der Waals surface area (Å²) in [5.41, 5.74) is 3.53. The van der Waals surface area contributed by atoms with Crippen molar-refractivity contribution < 1.29 is 9.59 Å². The van der Waals surface area contributed by atoms with Crippen LogP contribution in [0.5, 0.6) is 0 Å². The summed E-state index contributed by atoms with van der Waals surface area (Å²) in [4.78, 5) is 29.1. The maximum absolute atomic E-state index is 12.5. The molecule has 0 unspecified atom stereocenters. The zero-order valence-corrected chi connectivity index (χ0v) is 14.5. The van der Waals surface area contributed by atoms with Crippen molar-refractivity contribution in [2.75, 3.05) is 0 Å². The average molecular weight is 376 g/mol. The number of hydrazine groups is 1. The molecule has 2 aromatic rings. The van der Waals surface area contributed by atoms with Gasteiger partial charge in [-0.25, -0.2) is 0 Å². The second-order valence-electron chi connectivity index (χ2n) is 4.72. The second kappa shape index (κ2) is 7.12. The lowest BCUT2D eigenvalue weighted by Gasteiger charge is -2.16. The van der Waals surface area contributed by atoms with Crippen molar-refractivity contribution >= 4 is 57.8 Å². The highest BCUT2D eigenvalue weighted by molar-refractivity contribution is 8.26. The number of carbonyl (C=O) groups is 2. The van der Waals surface area contributed by atoms with Gasteiger partial charge in [-0.15, -0.1) is 0 Å². The summed E-state index contributed by atoms with van der Waals surface area (Å²) < 4.78 is 0.246. The fourth-order valence-electron chi connectivity index (χ4n) is 1.98. The van der Waals surface area contributed by atoms with Gasteiger partial charge >= 0.3 is 0 Å². The number of halogens is 1. The van der Waals surface area contributed by atoms with Gasteiger partial charge in [0.05, 0.1) is 15.5 Å². The first-order chi connectivity index (χ1) is 11.6. The first-order valence-corrected chi connectivity index (χ1v) is 8.40. The Hall–Kier alpha value is -2.22. The molecule has 2 heterocycles. The Morgan fingerprint density at radius 1 is 1.29 bits per heavy atom. The molecule has 0 saturated carbocycles. The van der Waals surface area contributed by atoms with Gasteiger partial charge in [-0.1, -0.05) is 41.6 Å². The minimum atomic E-state index is -0.500. The normalized spacial score (nSPS) is 15.9. The number of rotatable bonds is 3. The van der Waals surface area contributed by atoms with E-state index in [1.165, 1.54) is 0 Å². The highest BCUT2D eigenvalue weighted by Gasteiger charge is 2.34. The van der Waals surface area contributed by atoms with Gasteiger partial charge in [-0.3, -0.25) is 20.0 Å². The average Bonchev–Trinajstić information content (AvgIpc) is 2.83. The SMILES string of the molecule is O=C(NN1C(=O)/C(=C/c2cccnc2)SC1=S)c1ccccc1Cl. The van der Waals surface area contributed by atoms with E-state index in [0.717, 1.165) is 22.3 Å². The molecule has 1 fully saturated rings. The minimum absolute atomic E-state index is 0.246. The number of thiocarbonyl (C=S) groups is 1. The molecule has 1 aromatic carbocycles. The van der Waals surface area contributed by atoms with Crippen molar-refractivity contribution in [1.29, 1.82) is 0 Å². The number of aromatic nitrogens is 1. The number of pyridine rings is 1. The number of amides is 2.